The van der Waals surface area contributed by atoms with Crippen molar-refractivity contribution in [3.63, 3.8) is 0 Å². The van der Waals surface area contributed by atoms with Crippen molar-refractivity contribution in [1.82, 2.24) is 19.7 Å². The van der Waals surface area contributed by atoms with Crippen molar-refractivity contribution < 1.29 is 14.3 Å². The van der Waals surface area contributed by atoms with Crippen molar-refractivity contribution >= 4 is 22.8 Å². The van der Waals surface area contributed by atoms with Gasteiger partial charge in [0.15, 0.2) is 0 Å². The van der Waals surface area contributed by atoms with E-state index in [0.717, 1.165) is 28.8 Å². The van der Waals surface area contributed by atoms with Crippen LogP contribution in [0.4, 0.5) is 5.95 Å². The van der Waals surface area contributed by atoms with Gasteiger partial charge in [-0.3, -0.25) is 15.2 Å². The fourth-order valence-corrected chi connectivity index (χ4v) is 3.25. The van der Waals surface area contributed by atoms with E-state index in [4.69, 9.17) is 9.47 Å². The van der Waals surface area contributed by atoms with Gasteiger partial charge in [0.2, 0.25) is 5.95 Å². The maximum Gasteiger partial charge on any atom is 0.258 e. The van der Waals surface area contributed by atoms with Gasteiger partial charge in [-0.15, -0.1) is 5.10 Å². The van der Waals surface area contributed by atoms with Gasteiger partial charge >= 0.3 is 0 Å². The first-order chi connectivity index (χ1) is 14.7. The van der Waals surface area contributed by atoms with Crippen LogP contribution in [0.3, 0.4) is 0 Å². The van der Waals surface area contributed by atoms with Crippen molar-refractivity contribution in [3.8, 4) is 5.75 Å². The molecule has 8 nitrogen and oxygen atoms in total. The highest BCUT2D eigenvalue weighted by Crippen LogP contribution is 2.19. The third kappa shape index (κ3) is 4.33. The van der Waals surface area contributed by atoms with Crippen molar-refractivity contribution in [2.24, 2.45) is 0 Å². The highest BCUT2D eigenvalue weighted by molar-refractivity contribution is 6.05. The lowest BCUT2D eigenvalue weighted by atomic mass is 10.1. The topological polar surface area (TPSA) is 94.1 Å². The number of nitrogens with one attached hydrogen (secondary N) is 2. The minimum Gasteiger partial charge on any atom is -0.497 e. The molecule has 2 N–H and O–H groups in total. The Bertz CT molecular complexity index is 1150. The summed E-state index contributed by atoms with van der Waals surface area (Å²) >= 11 is 0. The Morgan fingerprint density at radius 2 is 1.97 bits per heavy atom. The summed E-state index contributed by atoms with van der Waals surface area (Å²) in [5, 5.41) is 10.8. The fraction of sp³-hybridized carbons (Fsp3) is 0.227. The van der Waals surface area contributed by atoms with Crippen LogP contribution in [0.5, 0.6) is 5.75 Å². The quantitative estimate of drug-likeness (QED) is 0.469. The monoisotopic (exact) mass is 405 g/mol. The first-order valence-electron chi connectivity index (χ1n) is 9.59. The lowest BCUT2D eigenvalue weighted by Gasteiger charge is -2.06. The molecule has 0 bridgehead atoms. The second kappa shape index (κ2) is 8.79. The molecule has 0 fully saturated rings. The lowest BCUT2D eigenvalue weighted by molar-refractivity contribution is 0.102. The van der Waals surface area contributed by atoms with Crippen LogP contribution in [-0.4, -0.2) is 46.5 Å². The van der Waals surface area contributed by atoms with E-state index in [2.05, 4.69) is 25.1 Å². The molecular weight excluding hydrogens is 382 g/mol. The zero-order valence-corrected chi connectivity index (χ0v) is 16.9. The molecule has 0 spiro atoms. The van der Waals surface area contributed by atoms with Crippen molar-refractivity contribution in [3.05, 3.63) is 71.7 Å². The summed E-state index contributed by atoms with van der Waals surface area (Å²) in [6.45, 7) is 1.33. The van der Waals surface area contributed by atoms with Crippen LogP contribution in [0.2, 0.25) is 0 Å². The number of fused-ring (bicyclic) bond motifs is 1. The number of amides is 1. The molecule has 0 saturated heterocycles. The van der Waals surface area contributed by atoms with E-state index < -0.39 is 0 Å². The largest absolute Gasteiger partial charge is 0.497 e. The predicted molar refractivity (Wildman–Crippen MR) is 114 cm³/mol. The minimum absolute atomic E-state index is 0.248. The summed E-state index contributed by atoms with van der Waals surface area (Å²) in [6.07, 6.45) is 2.57. The van der Waals surface area contributed by atoms with Gasteiger partial charge in [0.25, 0.3) is 5.91 Å². The number of benzene rings is 2. The molecule has 0 aliphatic heterocycles. The van der Waals surface area contributed by atoms with E-state index in [-0.39, 0.29) is 11.9 Å². The van der Waals surface area contributed by atoms with E-state index in [1.54, 1.807) is 20.3 Å². The van der Waals surface area contributed by atoms with E-state index >= 15 is 0 Å². The fourth-order valence-electron chi connectivity index (χ4n) is 3.25. The molecule has 4 rings (SSSR count). The Balaban J connectivity index is 1.44. The molecule has 2 aromatic carbocycles. The summed E-state index contributed by atoms with van der Waals surface area (Å²) in [5.74, 6) is 1.46. The molecule has 0 radical (unpaired) electrons. The van der Waals surface area contributed by atoms with Gasteiger partial charge in [0.1, 0.15) is 11.6 Å². The van der Waals surface area contributed by atoms with Crippen LogP contribution in [0, 0.1) is 0 Å². The van der Waals surface area contributed by atoms with Gasteiger partial charge < -0.3 is 14.0 Å². The number of aromatic nitrogens is 4. The van der Waals surface area contributed by atoms with Crippen LogP contribution in [0.1, 0.15) is 21.7 Å². The SMILES string of the molecule is COCCn1ccc2ccc(C(=O)Nc3n[nH]c(Cc4ccc(OC)cc4)n3)cc21. The number of aromatic amines is 1. The molecule has 1 amide bonds. The summed E-state index contributed by atoms with van der Waals surface area (Å²) in [4.78, 5) is 17.1. The number of ether oxygens (including phenoxy) is 2. The summed E-state index contributed by atoms with van der Waals surface area (Å²) in [7, 11) is 3.30. The van der Waals surface area contributed by atoms with E-state index in [1.165, 1.54) is 0 Å². The van der Waals surface area contributed by atoms with Crippen molar-refractivity contribution in [1.29, 1.82) is 0 Å². The number of hydrogen-bond acceptors (Lipinski definition) is 5. The Kier molecular flexibility index (Phi) is 5.76. The molecule has 0 unspecified atom stereocenters. The van der Waals surface area contributed by atoms with Crippen LogP contribution in [0.15, 0.2) is 54.7 Å². The maximum absolute atomic E-state index is 12.7. The Morgan fingerprint density at radius 3 is 2.73 bits per heavy atom. The zero-order valence-electron chi connectivity index (χ0n) is 16.9. The Morgan fingerprint density at radius 1 is 1.13 bits per heavy atom. The van der Waals surface area contributed by atoms with Crippen LogP contribution in [-0.2, 0) is 17.7 Å². The van der Waals surface area contributed by atoms with Crippen molar-refractivity contribution in [2.75, 3.05) is 26.1 Å². The first-order valence-corrected chi connectivity index (χ1v) is 9.59. The van der Waals surface area contributed by atoms with Gasteiger partial charge in [-0.2, -0.15) is 4.98 Å². The van der Waals surface area contributed by atoms with Crippen LogP contribution >= 0.6 is 0 Å². The molecule has 0 aliphatic rings. The smallest absolute Gasteiger partial charge is 0.258 e. The number of hydrogen-bond donors (Lipinski definition) is 2. The third-order valence-corrected chi connectivity index (χ3v) is 4.86. The van der Waals surface area contributed by atoms with Crippen LogP contribution < -0.4 is 10.1 Å². The molecule has 0 aliphatic carbocycles. The summed E-state index contributed by atoms with van der Waals surface area (Å²) in [6, 6.07) is 15.3. The van der Waals surface area contributed by atoms with Crippen molar-refractivity contribution in [2.45, 2.75) is 13.0 Å². The molecule has 4 aromatic rings. The van der Waals surface area contributed by atoms with E-state index in [9.17, 15) is 4.79 Å². The van der Waals surface area contributed by atoms with Gasteiger partial charge in [0.05, 0.1) is 13.7 Å². The number of rotatable bonds is 8. The van der Waals surface area contributed by atoms with Gasteiger partial charge in [0, 0.05) is 37.4 Å². The Hall–Kier alpha value is -3.65. The standard InChI is InChI=1S/C22H23N5O3/c1-29-12-11-27-10-9-16-5-6-17(14-19(16)27)21(28)24-22-23-20(25-26-22)13-15-3-7-18(30-2)8-4-15/h3-10,14H,11-13H2,1-2H3,(H2,23,24,25,26,28). The number of anilines is 1. The highest BCUT2D eigenvalue weighted by Gasteiger charge is 2.12. The highest BCUT2D eigenvalue weighted by atomic mass is 16.5. The number of H-pyrrole nitrogens is 1. The number of carbonyl (C=O) groups excluding carboxylic acids is 1. The maximum atomic E-state index is 12.7. The molecule has 30 heavy (non-hydrogen) atoms. The zero-order chi connectivity index (χ0) is 20.9. The van der Waals surface area contributed by atoms with Gasteiger partial charge in [-0.05, 0) is 41.3 Å². The number of carbonyl (C=O) groups is 1. The minimum atomic E-state index is -0.258. The second-order valence-corrected chi connectivity index (χ2v) is 6.86. The molecular formula is C22H23N5O3. The molecule has 0 atom stereocenters. The normalized spacial score (nSPS) is 11.0. The average Bonchev–Trinajstić information content (AvgIpc) is 3.38. The van der Waals surface area contributed by atoms with Gasteiger partial charge in [-0.1, -0.05) is 18.2 Å². The van der Waals surface area contributed by atoms with Gasteiger partial charge in [-0.25, -0.2) is 0 Å². The summed E-state index contributed by atoms with van der Waals surface area (Å²) < 4.78 is 12.4. The molecule has 2 aromatic heterocycles. The third-order valence-electron chi connectivity index (χ3n) is 4.86. The molecule has 154 valence electrons. The predicted octanol–water partition coefficient (Wildman–Crippen LogP) is 3.26. The average molecular weight is 405 g/mol. The number of methoxy groups -OCH3 is 2. The first kappa shape index (κ1) is 19.7. The van der Waals surface area contributed by atoms with E-state index in [0.29, 0.717) is 24.4 Å². The Labute approximate surface area is 173 Å². The molecule has 8 heteroatoms. The molecule has 0 saturated carbocycles. The number of nitrogens with zero attached hydrogens (tertiary/aromatic N) is 3. The lowest BCUT2D eigenvalue weighted by Crippen LogP contribution is -2.13. The second-order valence-electron chi connectivity index (χ2n) is 6.86. The molecule has 2 heterocycles. The summed E-state index contributed by atoms with van der Waals surface area (Å²) in [5.41, 5.74) is 2.59. The van der Waals surface area contributed by atoms with Crippen LogP contribution in [0.25, 0.3) is 10.9 Å². The van der Waals surface area contributed by atoms with E-state index in [1.807, 2.05) is 48.7 Å².